The van der Waals surface area contributed by atoms with Crippen molar-refractivity contribution < 1.29 is 23.4 Å². The third-order valence-corrected chi connectivity index (χ3v) is 5.06. The van der Waals surface area contributed by atoms with Crippen molar-refractivity contribution in [2.75, 3.05) is 37.0 Å². The molecule has 3 N–H and O–H groups in total. The summed E-state index contributed by atoms with van der Waals surface area (Å²) in [5.41, 5.74) is 0.894. The molecule has 0 aliphatic carbocycles. The zero-order valence-corrected chi connectivity index (χ0v) is 19.0. The van der Waals surface area contributed by atoms with Crippen molar-refractivity contribution in [2.45, 2.75) is 32.8 Å². The summed E-state index contributed by atoms with van der Waals surface area (Å²) >= 11 is 5.42. The highest BCUT2D eigenvalue weighted by Gasteiger charge is 2.19. The van der Waals surface area contributed by atoms with E-state index in [-0.39, 0.29) is 11.7 Å². The molecule has 9 heteroatoms. The van der Waals surface area contributed by atoms with Gasteiger partial charge in [-0.3, -0.25) is 4.79 Å². The first-order chi connectivity index (χ1) is 15.5. The zero-order chi connectivity index (χ0) is 22.9. The predicted molar refractivity (Wildman–Crippen MR) is 126 cm³/mol. The maximum Gasteiger partial charge on any atom is 0.258 e. The van der Waals surface area contributed by atoms with Gasteiger partial charge in [0.25, 0.3) is 5.91 Å². The van der Waals surface area contributed by atoms with E-state index in [2.05, 4.69) is 16.0 Å². The number of benzene rings is 2. The molecule has 1 atom stereocenters. The van der Waals surface area contributed by atoms with Crippen molar-refractivity contribution in [2.24, 2.45) is 0 Å². The van der Waals surface area contributed by atoms with Gasteiger partial charge in [-0.1, -0.05) is 12.1 Å². The molecule has 1 heterocycles. The fourth-order valence-corrected chi connectivity index (χ4v) is 3.51. The van der Waals surface area contributed by atoms with Gasteiger partial charge in [0, 0.05) is 25.3 Å². The molecule has 1 aliphatic heterocycles. The quantitative estimate of drug-likeness (QED) is 0.479. The lowest BCUT2D eigenvalue weighted by molar-refractivity contribution is 0.102. The molecule has 0 unspecified atom stereocenters. The van der Waals surface area contributed by atoms with Gasteiger partial charge >= 0.3 is 0 Å². The number of halogens is 1. The van der Waals surface area contributed by atoms with Crippen LogP contribution in [0.3, 0.4) is 0 Å². The van der Waals surface area contributed by atoms with Crippen LogP contribution in [0.1, 0.15) is 37.0 Å². The fraction of sp³-hybridized carbons (Fsp3) is 0.391. The van der Waals surface area contributed by atoms with Crippen LogP contribution < -0.4 is 25.4 Å². The maximum atomic E-state index is 14.0. The molecule has 0 spiro atoms. The molecule has 2 aromatic carbocycles. The third kappa shape index (κ3) is 6.30. The Morgan fingerprint density at radius 1 is 1.12 bits per heavy atom. The minimum atomic E-state index is -0.603. The molecular weight excluding hydrogens is 433 g/mol. The smallest absolute Gasteiger partial charge is 0.258 e. The summed E-state index contributed by atoms with van der Waals surface area (Å²) in [6.07, 6.45) is 2.21. The molecular formula is C23H28FN3O4S. The predicted octanol–water partition coefficient (Wildman–Crippen LogP) is 4.34. The number of hydrogen-bond donors (Lipinski definition) is 3. The van der Waals surface area contributed by atoms with Crippen LogP contribution in [-0.4, -0.2) is 43.5 Å². The molecule has 1 fully saturated rings. The topological polar surface area (TPSA) is 80.8 Å². The number of thiocarbonyl (C=S) groups is 1. The second-order valence-electron chi connectivity index (χ2n) is 7.11. The number of carbonyl (C=O) groups excluding carboxylic acids is 1. The van der Waals surface area contributed by atoms with Crippen molar-refractivity contribution in [1.82, 2.24) is 5.32 Å². The summed E-state index contributed by atoms with van der Waals surface area (Å²) in [5.74, 6) is -0.305. The van der Waals surface area contributed by atoms with Crippen LogP contribution in [0.4, 0.5) is 15.8 Å². The van der Waals surface area contributed by atoms with Crippen LogP contribution in [0.2, 0.25) is 0 Å². The lowest BCUT2D eigenvalue weighted by Crippen LogP contribution is -2.34. The largest absolute Gasteiger partial charge is 0.492 e. The Morgan fingerprint density at radius 3 is 2.38 bits per heavy atom. The average Bonchev–Trinajstić information content (AvgIpc) is 3.29. The molecule has 1 saturated heterocycles. The van der Waals surface area contributed by atoms with Crippen molar-refractivity contribution >= 4 is 34.6 Å². The van der Waals surface area contributed by atoms with Gasteiger partial charge in [0.2, 0.25) is 0 Å². The Morgan fingerprint density at radius 2 is 1.78 bits per heavy atom. The van der Waals surface area contributed by atoms with Crippen LogP contribution in [0.5, 0.6) is 11.5 Å². The minimum Gasteiger partial charge on any atom is -0.492 e. The lowest BCUT2D eigenvalue weighted by Gasteiger charge is -2.19. The van der Waals surface area contributed by atoms with E-state index < -0.39 is 11.7 Å². The summed E-state index contributed by atoms with van der Waals surface area (Å²) in [6.45, 7) is 5.85. The van der Waals surface area contributed by atoms with Crippen LogP contribution in [0.25, 0.3) is 0 Å². The highest BCUT2D eigenvalue weighted by molar-refractivity contribution is 7.80. The first kappa shape index (κ1) is 23.7. The molecule has 3 rings (SSSR count). The Balaban J connectivity index is 1.80. The third-order valence-electron chi connectivity index (χ3n) is 4.81. The Bertz CT molecular complexity index is 951. The van der Waals surface area contributed by atoms with E-state index in [1.165, 1.54) is 18.2 Å². The number of nitrogens with one attached hydrogen (secondary N) is 3. The van der Waals surface area contributed by atoms with Crippen LogP contribution in [0.15, 0.2) is 36.4 Å². The van der Waals surface area contributed by atoms with E-state index in [9.17, 15) is 9.18 Å². The van der Waals surface area contributed by atoms with Gasteiger partial charge in [0.1, 0.15) is 17.3 Å². The van der Waals surface area contributed by atoms with Gasteiger partial charge in [-0.2, -0.15) is 0 Å². The second kappa shape index (κ2) is 11.6. The molecule has 1 aliphatic rings. The Labute approximate surface area is 192 Å². The standard InChI is InChI=1S/C23H28FN3O4S/c1-3-29-20-13-19(27-23(32)25-14-15-8-7-11-31-15)21(30-4-2)12-18(20)26-22(28)16-9-5-6-10-17(16)24/h5-6,9-10,12-13,15H,3-4,7-8,11,14H2,1-2H3,(H,26,28)(H2,25,27,32)/t15-/m0/s1. The van der Waals surface area contributed by atoms with E-state index in [1.807, 2.05) is 13.8 Å². The highest BCUT2D eigenvalue weighted by Crippen LogP contribution is 2.37. The number of amides is 1. The summed E-state index contributed by atoms with van der Waals surface area (Å²) in [5, 5.41) is 9.42. The first-order valence-corrected chi connectivity index (χ1v) is 11.1. The highest BCUT2D eigenvalue weighted by atomic mass is 32.1. The lowest BCUT2D eigenvalue weighted by atomic mass is 10.1. The van der Waals surface area contributed by atoms with Gasteiger partial charge in [-0.15, -0.1) is 0 Å². The Kier molecular flexibility index (Phi) is 8.64. The molecule has 1 amide bonds. The monoisotopic (exact) mass is 461 g/mol. The van der Waals surface area contributed by atoms with Gasteiger partial charge in [-0.25, -0.2) is 4.39 Å². The second-order valence-corrected chi connectivity index (χ2v) is 7.52. The van der Waals surface area contributed by atoms with E-state index in [0.717, 1.165) is 19.4 Å². The molecule has 0 aromatic heterocycles. The molecule has 32 heavy (non-hydrogen) atoms. The summed E-state index contributed by atoms with van der Waals surface area (Å²) < 4.78 is 31.1. The van der Waals surface area contributed by atoms with Gasteiger partial charge in [0.15, 0.2) is 5.11 Å². The SMILES string of the molecule is CCOc1cc(NC(=S)NC[C@@H]2CCCO2)c(OCC)cc1NC(=O)c1ccccc1F. The van der Waals surface area contributed by atoms with Crippen LogP contribution in [-0.2, 0) is 4.74 Å². The molecule has 2 aromatic rings. The number of carbonyl (C=O) groups is 1. The van der Waals surface area contributed by atoms with Gasteiger partial charge in [-0.05, 0) is 51.0 Å². The van der Waals surface area contributed by atoms with Crippen molar-refractivity contribution in [3.63, 3.8) is 0 Å². The van der Waals surface area contributed by atoms with E-state index in [1.54, 1.807) is 18.2 Å². The molecule has 172 valence electrons. The Hall–Kier alpha value is -2.91. The van der Waals surface area contributed by atoms with E-state index in [4.69, 9.17) is 26.4 Å². The summed E-state index contributed by atoms with van der Waals surface area (Å²) in [4.78, 5) is 12.6. The fourth-order valence-electron chi connectivity index (χ4n) is 3.32. The van der Waals surface area contributed by atoms with Crippen LogP contribution >= 0.6 is 12.2 Å². The molecule has 0 bridgehead atoms. The number of ether oxygens (including phenoxy) is 3. The van der Waals surface area contributed by atoms with Crippen molar-refractivity contribution in [1.29, 1.82) is 0 Å². The molecule has 0 radical (unpaired) electrons. The van der Waals surface area contributed by atoms with E-state index in [0.29, 0.717) is 47.7 Å². The normalized spacial score (nSPS) is 15.2. The summed E-state index contributed by atoms with van der Waals surface area (Å²) in [7, 11) is 0. The molecule has 0 saturated carbocycles. The zero-order valence-electron chi connectivity index (χ0n) is 18.2. The maximum absolute atomic E-state index is 14.0. The average molecular weight is 462 g/mol. The van der Waals surface area contributed by atoms with Crippen molar-refractivity contribution in [3.05, 3.63) is 47.8 Å². The minimum absolute atomic E-state index is 0.0605. The first-order valence-electron chi connectivity index (χ1n) is 10.7. The summed E-state index contributed by atoms with van der Waals surface area (Å²) in [6, 6.07) is 9.12. The van der Waals surface area contributed by atoms with Crippen LogP contribution in [0, 0.1) is 5.82 Å². The van der Waals surface area contributed by atoms with E-state index >= 15 is 0 Å². The number of rotatable bonds is 9. The van der Waals surface area contributed by atoms with Gasteiger partial charge in [0.05, 0.1) is 36.3 Å². The number of hydrogen-bond acceptors (Lipinski definition) is 5. The van der Waals surface area contributed by atoms with Crippen molar-refractivity contribution in [3.8, 4) is 11.5 Å². The molecule has 7 nitrogen and oxygen atoms in total. The van der Waals surface area contributed by atoms with Gasteiger partial charge < -0.3 is 30.2 Å². The number of anilines is 2.